The van der Waals surface area contributed by atoms with Crippen LogP contribution in [0.25, 0.3) is 0 Å². The fraction of sp³-hybridized carbons (Fsp3) is 0.533. The Morgan fingerprint density at radius 3 is 2.90 bits per heavy atom. The zero-order chi connectivity index (χ0) is 14.4. The van der Waals surface area contributed by atoms with Crippen LogP contribution in [0.2, 0.25) is 0 Å². The fourth-order valence-electron chi connectivity index (χ4n) is 2.23. The molecule has 5 heteroatoms. The van der Waals surface area contributed by atoms with Crippen molar-refractivity contribution in [3.63, 3.8) is 0 Å². The summed E-state index contributed by atoms with van der Waals surface area (Å²) >= 11 is 1.98. The summed E-state index contributed by atoms with van der Waals surface area (Å²) < 4.78 is 5.54. The Morgan fingerprint density at radius 1 is 1.50 bits per heavy atom. The molecular formula is C15H20N2O2S. The predicted octanol–water partition coefficient (Wildman–Crippen LogP) is 1.74. The van der Waals surface area contributed by atoms with Crippen LogP contribution >= 0.6 is 11.8 Å². The summed E-state index contributed by atoms with van der Waals surface area (Å²) in [6.07, 6.45) is -0.485. The largest absolute Gasteiger partial charge is 0.491 e. The Balaban J connectivity index is 1.74. The molecule has 0 aromatic heterocycles. The molecule has 20 heavy (non-hydrogen) atoms. The van der Waals surface area contributed by atoms with Gasteiger partial charge in [-0.25, -0.2) is 0 Å². The maximum absolute atomic E-state index is 10.0. The maximum atomic E-state index is 10.0. The number of aliphatic hydroxyl groups is 1. The van der Waals surface area contributed by atoms with E-state index in [0.717, 1.165) is 18.8 Å². The van der Waals surface area contributed by atoms with Crippen molar-refractivity contribution in [2.75, 3.05) is 32.0 Å². The number of nitrogens with zero attached hydrogens (tertiary/aromatic N) is 2. The number of aliphatic hydroxyl groups excluding tert-OH is 1. The van der Waals surface area contributed by atoms with E-state index in [1.54, 1.807) is 24.3 Å². The minimum Gasteiger partial charge on any atom is -0.491 e. The second-order valence-electron chi connectivity index (χ2n) is 5.04. The van der Waals surface area contributed by atoms with Crippen LogP contribution in [0.1, 0.15) is 12.5 Å². The lowest BCUT2D eigenvalue weighted by Gasteiger charge is -2.31. The van der Waals surface area contributed by atoms with Crippen LogP contribution in [0, 0.1) is 11.3 Å². The Bertz CT molecular complexity index is 458. The van der Waals surface area contributed by atoms with Gasteiger partial charge >= 0.3 is 0 Å². The van der Waals surface area contributed by atoms with E-state index in [2.05, 4.69) is 17.9 Å². The summed E-state index contributed by atoms with van der Waals surface area (Å²) in [6, 6.07) is 9.00. The molecule has 1 aliphatic rings. The average Bonchev–Trinajstić information content (AvgIpc) is 2.46. The van der Waals surface area contributed by atoms with Crippen LogP contribution in [-0.2, 0) is 0 Å². The van der Waals surface area contributed by atoms with E-state index in [9.17, 15) is 5.11 Å². The topological polar surface area (TPSA) is 56.5 Å². The molecular weight excluding hydrogens is 272 g/mol. The number of hydrogen-bond acceptors (Lipinski definition) is 5. The molecule has 1 saturated heterocycles. The standard InChI is InChI=1S/C15H20N2O2S/c1-12-9-17(6-7-20-12)10-14(18)11-19-15-4-2-13(8-16)3-5-15/h2-5,12,14,18H,6-7,9-11H2,1H3. The molecule has 2 unspecified atom stereocenters. The highest BCUT2D eigenvalue weighted by molar-refractivity contribution is 7.99. The molecule has 2 atom stereocenters. The number of benzene rings is 1. The van der Waals surface area contributed by atoms with Gasteiger partial charge in [0.1, 0.15) is 18.5 Å². The van der Waals surface area contributed by atoms with Gasteiger partial charge in [0, 0.05) is 30.6 Å². The van der Waals surface area contributed by atoms with Crippen molar-refractivity contribution in [3.05, 3.63) is 29.8 Å². The molecule has 0 spiro atoms. The lowest BCUT2D eigenvalue weighted by molar-refractivity contribution is 0.0697. The summed E-state index contributed by atoms with van der Waals surface area (Å²) in [7, 11) is 0. The highest BCUT2D eigenvalue weighted by Crippen LogP contribution is 2.18. The van der Waals surface area contributed by atoms with Gasteiger partial charge in [0.25, 0.3) is 0 Å². The first kappa shape index (κ1) is 15.2. The minimum atomic E-state index is -0.485. The SMILES string of the molecule is CC1CN(CC(O)COc2ccc(C#N)cc2)CCS1. The van der Waals surface area contributed by atoms with Crippen LogP contribution in [0.3, 0.4) is 0 Å². The number of thioether (sulfide) groups is 1. The van der Waals surface area contributed by atoms with Gasteiger partial charge in [-0.15, -0.1) is 0 Å². The van der Waals surface area contributed by atoms with Crippen molar-refractivity contribution in [1.82, 2.24) is 4.90 Å². The molecule has 108 valence electrons. The first-order valence-corrected chi connectivity index (χ1v) is 7.87. The molecule has 1 heterocycles. The lowest BCUT2D eigenvalue weighted by atomic mass is 10.2. The summed E-state index contributed by atoms with van der Waals surface area (Å²) in [4.78, 5) is 2.29. The monoisotopic (exact) mass is 292 g/mol. The van der Waals surface area contributed by atoms with Crippen LogP contribution in [-0.4, -0.2) is 53.4 Å². The van der Waals surface area contributed by atoms with Gasteiger partial charge in [0.2, 0.25) is 0 Å². The molecule has 1 aromatic rings. The predicted molar refractivity (Wildman–Crippen MR) is 81.0 cm³/mol. The molecule has 2 rings (SSSR count). The second kappa shape index (κ2) is 7.53. The highest BCUT2D eigenvalue weighted by atomic mass is 32.2. The van der Waals surface area contributed by atoms with Crippen molar-refractivity contribution >= 4 is 11.8 Å². The van der Waals surface area contributed by atoms with Gasteiger partial charge in [0.05, 0.1) is 11.6 Å². The summed E-state index contributed by atoms with van der Waals surface area (Å²) in [5.41, 5.74) is 0.609. The second-order valence-corrected chi connectivity index (χ2v) is 6.59. The lowest BCUT2D eigenvalue weighted by Crippen LogP contribution is -2.42. The van der Waals surface area contributed by atoms with Crippen LogP contribution in [0.15, 0.2) is 24.3 Å². The quantitative estimate of drug-likeness (QED) is 0.896. The maximum Gasteiger partial charge on any atom is 0.119 e. The first-order chi connectivity index (χ1) is 9.67. The number of ether oxygens (including phenoxy) is 1. The van der Waals surface area contributed by atoms with Crippen LogP contribution in [0.5, 0.6) is 5.75 Å². The zero-order valence-corrected chi connectivity index (χ0v) is 12.5. The number of rotatable bonds is 5. The summed E-state index contributed by atoms with van der Waals surface area (Å²) in [5, 5.41) is 19.4. The van der Waals surface area contributed by atoms with Gasteiger partial charge in [-0.1, -0.05) is 6.92 Å². The number of nitriles is 1. The normalized spacial score (nSPS) is 21.1. The third-order valence-electron chi connectivity index (χ3n) is 3.22. The first-order valence-electron chi connectivity index (χ1n) is 6.82. The highest BCUT2D eigenvalue weighted by Gasteiger charge is 2.19. The van der Waals surface area contributed by atoms with Gasteiger partial charge in [-0.3, -0.25) is 4.90 Å². The molecule has 1 N–H and O–H groups in total. The van der Waals surface area contributed by atoms with Crippen LogP contribution in [0.4, 0.5) is 0 Å². The van der Waals surface area contributed by atoms with Gasteiger partial charge < -0.3 is 9.84 Å². The summed E-state index contributed by atoms with van der Waals surface area (Å²) in [6.45, 7) is 5.21. The van der Waals surface area contributed by atoms with Gasteiger partial charge in [0.15, 0.2) is 0 Å². The fourth-order valence-corrected chi connectivity index (χ4v) is 3.31. The molecule has 0 radical (unpaired) electrons. The van der Waals surface area contributed by atoms with Gasteiger partial charge in [-0.05, 0) is 24.3 Å². The number of hydrogen-bond donors (Lipinski definition) is 1. The van der Waals surface area contributed by atoms with Crippen molar-refractivity contribution in [2.24, 2.45) is 0 Å². The van der Waals surface area contributed by atoms with E-state index in [0.29, 0.717) is 23.1 Å². The van der Waals surface area contributed by atoms with Crippen molar-refractivity contribution < 1.29 is 9.84 Å². The Morgan fingerprint density at radius 2 is 2.25 bits per heavy atom. The van der Waals surface area contributed by atoms with Crippen molar-refractivity contribution in [2.45, 2.75) is 18.3 Å². The van der Waals surface area contributed by atoms with Crippen LogP contribution < -0.4 is 4.74 Å². The molecule has 0 bridgehead atoms. The van der Waals surface area contributed by atoms with Crippen molar-refractivity contribution in [3.8, 4) is 11.8 Å². The molecule has 0 aliphatic carbocycles. The Hall–Kier alpha value is -1.22. The number of β-amino-alcohol motifs (C(OH)–C–C–N with tert-alkyl or cyclic N) is 1. The molecule has 1 aliphatic heterocycles. The smallest absolute Gasteiger partial charge is 0.119 e. The van der Waals surface area contributed by atoms with E-state index >= 15 is 0 Å². The van der Waals surface area contributed by atoms with E-state index in [1.807, 2.05) is 11.8 Å². The molecule has 0 saturated carbocycles. The van der Waals surface area contributed by atoms with Crippen molar-refractivity contribution in [1.29, 1.82) is 5.26 Å². The van der Waals surface area contributed by atoms with E-state index in [-0.39, 0.29) is 6.61 Å². The summed E-state index contributed by atoms with van der Waals surface area (Å²) in [5.74, 6) is 1.82. The molecule has 1 fully saturated rings. The molecule has 1 aromatic carbocycles. The van der Waals surface area contributed by atoms with E-state index < -0.39 is 6.10 Å². The minimum absolute atomic E-state index is 0.282. The average molecular weight is 292 g/mol. The third-order valence-corrected chi connectivity index (χ3v) is 4.36. The van der Waals surface area contributed by atoms with E-state index in [4.69, 9.17) is 10.00 Å². The zero-order valence-electron chi connectivity index (χ0n) is 11.7. The molecule has 0 amide bonds. The Labute approximate surface area is 124 Å². The Kier molecular flexibility index (Phi) is 5.72. The third kappa shape index (κ3) is 4.71. The molecule has 4 nitrogen and oxygen atoms in total. The van der Waals surface area contributed by atoms with E-state index in [1.165, 1.54) is 0 Å². The van der Waals surface area contributed by atoms with Gasteiger partial charge in [-0.2, -0.15) is 17.0 Å².